The van der Waals surface area contributed by atoms with E-state index in [1.54, 1.807) is 25.2 Å². The topological polar surface area (TPSA) is 67.9 Å². The minimum Gasteiger partial charge on any atom is -0.493 e. The Bertz CT molecular complexity index is 931. The average Bonchev–Trinajstić information content (AvgIpc) is 2.82. The van der Waals surface area contributed by atoms with Crippen molar-refractivity contribution in [1.82, 2.24) is 4.90 Å². The summed E-state index contributed by atoms with van der Waals surface area (Å²) < 4.78 is 19.1. The number of hydrogen-bond donors (Lipinski definition) is 1. The fraction of sp³-hybridized carbons (Fsp3) is 0.222. The maximum Gasteiger partial charge on any atom is 0.261 e. The van der Waals surface area contributed by atoms with Gasteiger partial charge >= 0.3 is 0 Å². The zero-order valence-electron chi connectivity index (χ0n) is 13.4. The van der Waals surface area contributed by atoms with Gasteiger partial charge in [0.25, 0.3) is 5.91 Å². The van der Waals surface area contributed by atoms with Crippen LogP contribution in [0.5, 0.6) is 5.75 Å². The van der Waals surface area contributed by atoms with Gasteiger partial charge in [-0.25, -0.2) is 9.38 Å². The van der Waals surface area contributed by atoms with Crippen LogP contribution < -0.4 is 10.5 Å². The summed E-state index contributed by atoms with van der Waals surface area (Å²) in [5.41, 5.74) is 7.00. The molecule has 4 rings (SSSR count). The number of ether oxygens (including phenoxy) is 1. The summed E-state index contributed by atoms with van der Waals surface area (Å²) in [6.07, 6.45) is 0.414. The van der Waals surface area contributed by atoms with Gasteiger partial charge in [-0.1, -0.05) is 23.7 Å². The maximum atomic E-state index is 13.4. The van der Waals surface area contributed by atoms with Crippen molar-refractivity contribution in [2.75, 3.05) is 13.7 Å². The first-order chi connectivity index (χ1) is 11.9. The molecule has 0 unspecified atom stereocenters. The van der Waals surface area contributed by atoms with E-state index in [1.165, 1.54) is 11.0 Å². The average molecular weight is 360 g/mol. The molecular weight excluding hydrogens is 345 g/mol. The molecule has 7 heteroatoms. The van der Waals surface area contributed by atoms with Crippen LogP contribution in [-0.4, -0.2) is 30.4 Å². The zero-order valence-corrected chi connectivity index (χ0v) is 14.2. The number of carbonyl (C=O) groups excluding carboxylic acids is 1. The second-order valence-corrected chi connectivity index (χ2v) is 6.54. The molecule has 0 saturated heterocycles. The maximum absolute atomic E-state index is 13.4. The smallest absolute Gasteiger partial charge is 0.261 e. The van der Waals surface area contributed by atoms with Crippen LogP contribution in [0, 0.1) is 5.82 Å². The lowest BCUT2D eigenvalue weighted by molar-refractivity contribution is -0.131. The minimum atomic E-state index is -1.06. The van der Waals surface area contributed by atoms with Crippen molar-refractivity contribution in [2.45, 2.75) is 12.0 Å². The molecule has 2 aromatic rings. The molecule has 2 aliphatic rings. The molecule has 2 aliphatic heterocycles. The van der Waals surface area contributed by atoms with E-state index in [9.17, 15) is 9.18 Å². The van der Waals surface area contributed by atoms with Gasteiger partial charge in [0, 0.05) is 19.0 Å². The van der Waals surface area contributed by atoms with Crippen molar-refractivity contribution in [2.24, 2.45) is 10.7 Å². The van der Waals surface area contributed by atoms with E-state index < -0.39 is 11.4 Å². The monoisotopic (exact) mass is 359 g/mol. The summed E-state index contributed by atoms with van der Waals surface area (Å²) in [5.74, 6) is 0.133. The van der Waals surface area contributed by atoms with Gasteiger partial charge in [0.05, 0.1) is 11.6 Å². The van der Waals surface area contributed by atoms with Crippen LogP contribution in [0.1, 0.15) is 12.0 Å². The normalized spacial score (nSPS) is 22.0. The number of halogens is 2. The third-order valence-corrected chi connectivity index (χ3v) is 5.00. The Morgan fingerprint density at radius 1 is 1.28 bits per heavy atom. The fourth-order valence-corrected chi connectivity index (χ4v) is 3.50. The van der Waals surface area contributed by atoms with Crippen LogP contribution in [0.25, 0.3) is 11.1 Å². The molecule has 2 heterocycles. The number of guanidine groups is 1. The summed E-state index contributed by atoms with van der Waals surface area (Å²) in [4.78, 5) is 18.6. The fourth-order valence-electron chi connectivity index (χ4n) is 3.32. The van der Waals surface area contributed by atoms with Gasteiger partial charge in [0.15, 0.2) is 11.5 Å². The number of benzene rings is 2. The van der Waals surface area contributed by atoms with Crippen LogP contribution in [-0.2, 0) is 10.3 Å². The number of amides is 1. The van der Waals surface area contributed by atoms with Crippen molar-refractivity contribution in [3.05, 3.63) is 52.8 Å². The minimum absolute atomic E-state index is 0.0418. The van der Waals surface area contributed by atoms with E-state index in [0.29, 0.717) is 24.3 Å². The number of nitrogens with two attached hydrogens (primary N) is 1. The highest BCUT2D eigenvalue weighted by Crippen LogP contribution is 2.45. The van der Waals surface area contributed by atoms with Crippen molar-refractivity contribution < 1.29 is 13.9 Å². The Morgan fingerprint density at radius 3 is 2.68 bits per heavy atom. The molecule has 5 nitrogen and oxygen atoms in total. The molecule has 0 fully saturated rings. The SMILES string of the molecule is CN1C(=O)[C@@]2(CCOc3ccc(-c4ccc(F)c(Cl)c4)cc32)N=C1N. The summed E-state index contributed by atoms with van der Waals surface area (Å²) in [5, 5.41) is 0.0418. The van der Waals surface area contributed by atoms with Crippen LogP contribution in [0.15, 0.2) is 41.4 Å². The predicted molar refractivity (Wildman–Crippen MR) is 93.0 cm³/mol. The molecule has 1 amide bonds. The van der Waals surface area contributed by atoms with E-state index in [1.807, 2.05) is 12.1 Å². The standard InChI is InChI=1S/C18H15ClFN3O2/c1-23-16(24)18(22-17(23)21)6-7-25-15-5-3-10(8-12(15)18)11-2-4-14(20)13(19)9-11/h2-5,8-9H,6-7H2,1H3,(H2,21,22)/t18-/m0/s1. The predicted octanol–water partition coefficient (Wildman–Crippen LogP) is 2.91. The van der Waals surface area contributed by atoms with Gasteiger partial charge in [-0.3, -0.25) is 9.69 Å². The lowest BCUT2D eigenvalue weighted by Crippen LogP contribution is -2.42. The van der Waals surface area contributed by atoms with Crippen molar-refractivity contribution in [1.29, 1.82) is 0 Å². The number of aliphatic imine (C=N–C) groups is 1. The molecule has 0 bridgehead atoms. The summed E-state index contributed by atoms with van der Waals surface area (Å²) in [6, 6.07) is 9.98. The third kappa shape index (κ3) is 2.28. The number of nitrogens with zero attached hydrogens (tertiary/aromatic N) is 2. The highest BCUT2D eigenvalue weighted by molar-refractivity contribution is 6.31. The number of fused-ring (bicyclic) bond motifs is 2. The van der Waals surface area contributed by atoms with E-state index in [-0.39, 0.29) is 16.9 Å². The summed E-state index contributed by atoms with van der Waals surface area (Å²) >= 11 is 5.89. The molecular formula is C18H15ClFN3O2. The molecule has 0 radical (unpaired) electrons. The number of carbonyl (C=O) groups is 1. The highest BCUT2D eigenvalue weighted by atomic mass is 35.5. The molecule has 1 spiro atoms. The second-order valence-electron chi connectivity index (χ2n) is 6.13. The van der Waals surface area contributed by atoms with Gasteiger partial charge < -0.3 is 10.5 Å². The molecule has 2 aromatic carbocycles. The Labute approximate surface area is 148 Å². The second kappa shape index (κ2) is 5.46. The number of likely N-dealkylation sites (N-methyl/N-ethyl adjacent to an activating group) is 1. The first-order valence-corrected chi connectivity index (χ1v) is 8.16. The van der Waals surface area contributed by atoms with E-state index in [2.05, 4.69) is 4.99 Å². The van der Waals surface area contributed by atoms with Gasteiger partial charge in [0.1, 0.15) is 11.6 Å². The Hall–Kier alpha value is -2.60. The number of hydrogen-bond acceptors (Lipinski definition) is 4. The third-order valence-electron chi connectivity index (χ3n) is 4.71. The van der Waals surface area contributed by atoms with Gasteiger partial charge in [-0.2, -0.15) is 0 Å². The van der Waals surface area contributed by atoms with Gasteiger partial charge in [-0.15, -0.1) is 0 Å². The van der Waals surface area contributed by atoms with Gasteiger partial charge in [-0.05, 0) is 35.4 Å². The summed E-state index contributed by atoms with van der Waals surface area (Å²) in [6.45, 7) is 0.380. The van der Waals surface area contributed by atoms with Crippen LogP contribution in [0.4, 0.5) is 4.39 Å². The largest absolute Gasteiger partial charge is 0.493 e. The van der Waals surface area contributed by atoms with Crippen molar-refractivity contribution >= 4 is 23.5 Å². The Kier molecular flexibility index (Phi) is 3.47. The lowest BCUT2D eigenvalue weighted by Gasteiger charge is -2.32. The lowest BCUT2D eigenvalue weighted by atomic mass is 9.83. The van der Waals surface area contributed by atoms with Crippen LogP contribution in [0.3, 0.4) is 0 Å². The first-order valence-electron chi connectivity index (χ1n) is 7.78. The zero-order chi connectivity index (χ0) is 17.8. The first kappa shape index (κ1) is 15.9. The molecule has 128 valence electrons. The molecule has 2 N–H and O–H groups in total. The van der Waals surface area contributed by atoms with Crippen LogP contribution >= 0.6 is 11.6 Å². The van der Waals surface area contributed by atoms with E-state index in [4.69, 9.17) is 22.1 Å². The van der Waals surface area contributed by atoms with Crippen LogP contribution in [0.2, 0.25) is 5.02 Å². The molecule has 0 saturated carbocycles. The molecule has 0 aliphatic carbocycles. The Morgan fingerprint density at radius 2 is 2.00 bits per heavy atom. The van der Waals surface area contributed by atoms with Crippen molar-refractivity contribution in [3.63, 3.8) is 0 Å². The van der Waals surface area contributed by atoms with E-state index in [0.717, 1.165) is 11.1 Å². The highest BCUT2D eigenvalue weighted by Gasteiger charge is 2.51. The van der Waals surface area contributed by atoms with E-state index >= 15 is 0 Å². The quantitative estimate of drug-likeness (QED) is 0.851. The Balaban J connectivity index is 1.88. The summed E-state index contributed by atoms with van der Waals surface area (Å²) in [7, 11) is 1.61. The molecule has 25 heavy (non-hydrogen) atoms. The number of rotatable bonds is 1. The van der Waals surface area contributed by atoms with Crippen molar-refractivity contribution in [3.8, 4) is 16.9 Å². The van der Waals surface area contributed by atoms with Gasteiger partial charge in [0.2, 0.25) is 0 Å². The molecule has 1 atom stereocenters. The molecule has 0 aromatic heterocycles.